The van der Waals surface area contributed by atoms with Gasteiger partial charge in [0, 0.05) is 48.7 Å². The molecule has 41 heavy (non-hydrogen) atoms. The van der Waals surface area contributed by atoms with Crippen molar-refractivity contribution in [3.63, 3.8) is 0 Å². The average Bonchev–Trinajstić information content (AvgIpc) is 3.43. The van der Waals surface area contributed by atoms with Crippen LogP contribution in [0.5, 0.6) is 5.75 Å². The highest BCUT2D eigenvalue weighted by molar-refractivity contribution is 5.94. The van der Waals surface area contributed by atoms with E-state index in [0.29, 0.717) is 49.8 Å². The first kappa shape index (κ1) is 26.9. The second-order valence-electron chi connectivity index (χ2n) is 10.5. The van der Waals surface area contributed by atoms with Crippen LogP contribution in [-0.4, -0.2) is 74.5 Å². The molecule has 0 spiro atoms. The number of morpholine rings is 1. The minimum atomic E-state index is -0.973. The van der Waals surface area contributed by atoms with Crippen molar-refractivity contribution in [3.8, 4) is 5.75 Å². The average molecular weight is 556 g/mol. The quantitative estimate of drug-likeness (QED) is 0.331. The van der Waals surface area contributed by atoms with Gasteiger partial charge < -0.3 is 19.5 Å². The molecule has 6 rings (SSSR count). The topological polar surface area (TPSA) is 120 Å². The Morgan fingerprint density at radius 3 is 2.73 bits per heavy atom. The van der Waals surface area contributed by atoms with E-state index < -0.39 is 12.0 Å². The van der Waals surface area contributed by atoms with Crippen molar-refractivity contribution in [1.29, 1.82) is 0 Å². The number of carbonyl (C=O) groups excluding carboxylic acids is 1. The Morgan fingerprint density at radius 2 is 1.88 bits per heavy atom. The van der Waals surface area contributed by atoms with E-state index in [1.807, 2.05) is 18.2 Å². The van der Waals surface area contributed by atoms with E-state index in [1.54, 1.807) is 28.0 Å². The van der Waals surface area contributed by atoms with Gasteiger partial charge in [0.2, 0.25) is 0 Å². The predicted octanol–water partition coefficient (Wildman–Crippen LogP) is 3.86. The first-order valence-corrected chi connectivity index (χ1v) is 14.2. The zero-order valence-corrected chi connectivity index (χ0v) is 22.9. The highest BCUT2D eigenvalue weighted by Gasteiger charge is 2.24. The second kappa shape index (κ2) is 12.1. The van der Waals surface area contributed by atoms with Crippen molar-refractivity contribution in [2.75, 3.05) is 32.9 Å². The highest BCUT2D eigenvalue weighted by Crippen LogP contribution is 2.29. The maximum atomic E-state index is 13.0. The van der Waals surface area contributed by atoms with Gasteiger partial charge in [-0.1, -0.05) is 6.07 Å². The van der Waals surface area contributed by atoms with Crippen LogP contribution >= 0.6 is 0 Å². The molecule has 212 valence electrons. The van der Waals surface area contributed by atoms with Crippen LogP contribution in [0.3, 0.4) is 0 Å². The lowest BCUT2D eigenvalue weighted by Gasteiger charge is -2.27. The molecule has 1 unspecified atom stereocenters. The summed E-state index contributed by atoms with van der Waals surface area (Å²) in [4.78, 5) is 35.8. The van der Waals surface area contributed by atoms with Crippen molar-refractivity contribution in [1.82, 2.24) is 24.6 Å². The molecular formula is C31H33N5O5. The van der Waals surface area contributed by atoms with Gasteiger partial charge in [0.15, 0.2) is 0 Å². The van der Waals surface area contributed by atoms with Gasteiger partial charge in [-0.05, 0) is 67.1 Å². The van der Waals surface area contributed by atoms with Gasteiger partial charge in [-0.15, -0.1) is 0 Å². The van der Waals surface area contributed by atoms with Crippen LogP contribution in [-0.2, 0) is 28.8 Å². The van der Waals surface area contributed by atoms with Gasteiger partial charge in [0.1, 0.15) is 5.75 Å². The first-order chi connectivity index (χ1) is 20.0. The van der Waals surface area contributed by atoms with Gasteiger partial charge >= 0.3 is 5.97 Å². The number of carboxylic acids is 1. The van der Waals surface area contributed by atoms with Gasteiger partial charge in [-0.25, -0.2) is 0 Å². The summed E-state index contributed by atoms with van der Waals surface area (Å²) in [7, 11) is 0. The van der Waals surface area contributed by atoms with Gasteiger partial charge in [-0.2, -0.15) is 5.10 Å². The Hall–Kier alpha value is -4.31. The van der Waals surface area contributed by atoms with Crippen molar-refractivity contribution < 1.29 is 24.2 Å². The summed E-state index contributed by atoms with van der Waals surface area (Å²) >= 11 is 0. The molecule has 0 saturated carbocycles. The SMILES string of the molecule is O=C(O)CC(c1cncc(C(=O)N2CCOCC2)c1)n1ncc2cc(OCCc3ccc4c(n3)CCCC4)ccc21. The van der Waals surface area contributed by atoms with Crippen LogP contribution < -0.4 is 4.74 Å². The number of aromatic nitrogens is 4. The third-order valence-electron chi connectivity index (χ3n) is 7.78. The fourth-order valence-electron chi connectivity index (χ4n) is 5.63. The van der Waals surface area contributed by atoms with Crippen LogP contribution in [0, 0.1) is 0 Å². The summed E-state index contributed by atoms with van der Waals surface area (Å²) in [5.74, 6) is -0.404. The molecule has 1 aromatic carbocycles. The minimum absolute atomic E-state index is 0.144. The predicted molar refractivity (Wildman–Crippen MR) is 151 cm³/mol. The zero-order valence-electron chi connectivity index (χ0n) is 22.9. The number of fused-ring (bicyclic) bond motifs is 2. The number of carboxylic acid groups (broad SMARTS) is 1. The molecule has 10 nitrogen and oxygen atoms in total. The fourth-order valence-corrected chi connectivity index (χ4v) is 5.63. The van der Waals surface area contributed by atoms with E-state index in [9.17, 15) is 14.7 Å². The number of amides is 1. The molecule has 1 atom stereocenters. The monoisotopic (exact) mass is 555 g/mol. The third-order valence-corrected chi connectivity index (χ3v) is 7.78. The number of ether oxygens (including phenoxy) is 2. The smallest absolute Gasteiger partial charge is 0.305 e. The number of nitrogens with zero attached hydrogens (tertiary/aromatic N) is 5. The Morgan fingerprint density at radius 1 is 1.02 bits per heavy atom. The van der Waals surface area contributed by atoms with Crippen molar-refractivity contribution in [2.24, 2.45) is 0 Å². The number of carbonyl (C=O) groups is 2. The molecule has 1 N–H and O–H groups in total. The summed E-state index contributed by atoms with van der Waals surface area (Å²) in [6, 6.07) is 11.0. The molecule has 4 aromatic rings. The molecular weight excluding hydrogens is 522 g/mol. The van der Waals surface area contributed by atoms with E-state index in [2.05, 4.69) is 22.2 Å². The zero-order chi connectivity index (χ0) is 28.2. The molecule has 10 heteroatoms. The molecule has 1 aliphatic heterocycles. The van der Waals surface area contributed by atoms with Crippen LogP contribution in [0.25, 0.3) is 10.9 Å². The fraction of sp³-hybridized carbons (Fsp3) is 0.387. The van der Waals surface area contributed by atoms with Gasteiger partial charge in [0.25, 0.3) is 5.91 Å². The molecule has 1 amide bonds. The maximum Gasteiger partial charge on any atom is 0.305 e. The highest BCUT2D eigenvalue weighted by atomic mass is 16.5. The van der Waals surface area contributed by atoms with E-state index >= 15 is 0 Å². The number of aryl methyl sites for hydroxylation is 2. The normalized spacial score (nSPS) is 15.9. The summed E-state index contributed by atoms with van der Waals surface area (Å²) < 4.78 is 13.1. The number of aliphatic carboxylic acids is 1. The Balaban J connectivity index is 1.18. The van der Waals surface area contributed by atoms with E-state index in [0.717, 1.165) is 35.9 Å². The second-order valence-corrected chi connectivity index (χ2v) is 10.5. The van der Waals surface area contributed by atoms with Crippen LogP contribution in [0.2, 0.25) is 0 Å². The Kier molecular flexibility index (Phi) is 7.91. The standard InChI is InChI=1S/C31H33N5O5/c37-30(38)17-29(22-15-24(19-32-18-22)31(39)35-10-13-40-14-11-35)36-28-8-7-26(16-23(28)20-33-36)41-12-9-25-6-5-21-3-1-2-4-27(21)34-25/h5-8,15-16,18-20,29H,1-4,9-14,17H2,(H,37,38). The van der Waals surface area contributed by atoms with Gasteiger partial charge in [-0.3, -0.25) is 24.2 Å². The third kappa shape index (κ3) is 6.07. The maximum absolute atomic E-state index is 13.0. The summed E-state index contributed by atoms with van der Waals surface area (Å²) in [5.41, 5.74) is 5.43. The number of benzene rings is 1. The largest absolute Gasteiger partial charge is 0.493 e. The van der Waals surface area contributed by atoms with E-state index in [1.165, 1.54) is 30.3 Å². The van der Waals surface area contributed by atoms with Crippen LogP contribution in [0.4, 0.5) is 0 Å². The summed E-state index contributed by atoms with van der Waals surface area (Å²) in [5, 5.41) is 15.1. The molecule has 2 aliphatic rings. The van der Waals surface area contributed by atoms with Crippen molar-refractivity contribution in [3.05, 3.63) is 83.1 Å². The van der Waals surface area contributed by atoms with Gasteiger partial charge in [0.05, 0.1) is 49.6 Å². The number of hydrogen-bond acceptors (Lipinski definition) is 7. The molecule has 4 heterocycles. The molecule has 1 saturated heterocycles. The lowest BCUT2D eigenvalue weighted by molar-refractivity contribution is -0.137. The summed E-state index contributed by atoms with van der Waals surface area (Å²) in [6.07, 6.45) is 9.95. The molecule has 0 bridgehead atoms. The van der Waals surface area contributed by atoms with E-state index in [4.69, 9.17) is 14.5 Å². The Labute approximate surface area is 237 Å². The number of hydrogen-bond donors (Lipinski definition) is 1. The lowest BCUT2D eigenvalue weighted by atomic mass is 9.96. The minimum Gasteiger partial charge on any atom is -0.493 e. The molecule has 3 aromatic heterocycles. The Bertz CT molecular complexity index is 1560. The molecule has 1 fully saturated rings. The lowest BCUT2D eigenvalue weighted by Crippen LogP contribution is -2.40. The number of pyridine rings is 2. The van der Waals surface area contributed by atoms with Crippen LogP contribution in [0.1, 0.15) is 58.2 Å². The van der Waals surface area contributed by atoms with E-state index in [-0.39, 0.29) is 12.3 Å². The number of rotatable bonds is 9. The molecule has 0 radical (unpaired) electrons. The molecule has 1 aliphatic carbocycles. The van der Waals surface area contributed by atoms with Crippen molar-refractivity contribution >= 4 is 22.8 Å². The van der Waals surface area contributed by atoms with Crippen molar-refractivity contribution in [2.45, 2.75) is 44.6 Å². The first-order valence-electron chi connectivity index (χ1n) is 14.2. The van der Waals surface area contributed by atoms with Crippen LogP contribution in [0.15, 0.2) is 55.0 Å². The summed E-state index contributed by atoms with van der Waals surface area (Å²) in [6.45, 7) is 2.52.